The first-order valence-corrected chi connectivity index (χ1v) is 8.57. The Balaban J connectivity index is 1.83. The highest BCUT2D eigenvalue weighted by molar-refractivity contribution is 5.75. The molecule has 2 aromatic rings. The highest BCUT2D eigenvalue weighted by Gasteiger charge is 2.41. The average Bonchev–Trinajstić information content (AvgIpc) is 3.03. The smallest absolute Gasteiger partial charge is 0.309 e. The zero-order chi connectivity index (χ0) is 19.6. The Morgan fingerprint density at radius 3 is 2.63 bits per heavy atom. The maximum atomic E-state index is 12.2. The molecule has 1 heterocycles. The molecule has 0 spiro atoms. The number of carbonyl (C=O) groups excluding carboxylic acids is 1. The molecule has 3 unspecified atom stereocenters. The van der Waals surface area contributed by atoms with Crippen LogP contribution in [0.5, 0.6) is 17.2 Å². The van der Waals surface area contributed by atoms with Crippen LogP contribution in [0.3, 0.4) is 0 Å². The van der Waals surface area contributed by atoms with E-state index in [0.29, 0.717) is 23.3 Å². The van der Waals surface area contributed by atoms with E-state index in [9.17, 15) is 25.2 Å². The van der Waals surface area contributed by atoms with Gasteiger partial charge >= 0.3 is 5.97 Å². The summed E-state index contributed by atoms with van der Waals surface area (Å²) in [5.41, 5.74) is 1.57. The van der Waals surface area contributed by atoms with E-state index in [0.717, 1.165) is 5.56 Å². The van der Waals surface area contributed by atoms with Gasteiger partial charge in [0.05, 0.1) is 32.3 Å². The van der Waals surface area contributed by atoms with E-state index in [-0.39, 0.29) is 24.7 Å². The molecule has 1 aliphatic rings. The molecular weight excluding hydrogens is 352 g/mol. The van der Waals surface area contributed by atoms with E-state index < -0.39 is 23.9 Å². The molecule has 0 aromatic heterocycles. The lowest BCUT2D eigenvalue weighted by atomic mass is 9.82. The Kier molecular flexibility index (Phi) is 5.53. The summed E-state index contributed by atoms with van der Waals surface area (Å²) in [4.78, 5) is 12.2. The predicted molar refractivity (Wildman–Crippen MR) is 95.3 cm³/mol. The first-order valence-electron chi connectivity index (χ1n) is 8.57. The van der Waals surface area contributed by atoms with Crippen LogP contribution in [0.15, 0.2) is 36.4 Å². The van der Waals surface area contributed by atoms with Crippen LogP contribution in [0.4, 0.5) is 0 Å². The maximum absolute atomic E-state index is 12.2. The van der Waals surface area contributed by atoms with Crippen molar-refractivity contribution in [2.24, 2.45) is 11.8 Å². The number of phenols is 2. The summed E-state index contributed by atoms with van der Waals surface area (Å²) in [6.07, 6.45) is -0.673. The zero-order valence-electron chi connectivity index (χ0n) is 14.8. The topological polar surface area (TPSA) is 116 Å². The van der Waals surface area contributed by atoms with Crippen molar-refractivity contribution in [3.05, 3.63) is 53.1 Å². The minimum Gasteiger partial charge on any atom is -0.508 e. The van der Waals surface area contributed by atoms with Crippen molar-refractivity contribution in [1.82, 2.24) is 0 Å². The molecule has 0 radical (unpaired) electrons. The van der Waals surface area contributed by atoms with Gasteiger partial charge in [0.25, 0.3) is 0 Å². The largest absolute Gasteiger partial charge is 0.508 e. The lowest BCUT2D eigenvalue weighted by Gasteiger charge is -2.22. The molecule has 27 heavy (non-hydrogen) atoms. The Hall–Kier alpha value is -2.77. The first-order chi connectivity index (χ1) is 12.9. The van der Waals surface area contributed by atoms with Gasteiger partial charge in [0.1, 0.15) is 5.75 Å². The van der Waals surface area contributed by atoms with Crippen LogP contribution in [0.1, 0.15) is 22.8 Å². The van der Waals surface area contributed by atoms with Gasteiger partial charge in [-0.1, -0.05) is 12.1 Å². The number of rotatable bonds is 6. The lowest BCUT2D eigenvalue weighted by Crippen LogP contribution is -2.24. The second kappa shape index (κ2) is 7.85. The van der Waals surface area contributed by atoms with Crippen LogP contribution in [-0.4, -0.2) is 40.1 Å². The zero-order valence-corrected chi connectivity index (χ0v) is 14.8. The summed E-state index contributed by atoms with van der Waals surface area (Å²) in [6, 6.07) is 9.31. The summed E-state index contributed by atoms with van der Waals surface area (Å²) in [5, 5.41) is 39.5. The van der Waals surface area contributed by atoms with Crippen LogP contribution in [0.2, 0.25) is 0 Å². The fraction of sp³-hybridized carbons (Fsp3) is 0.350. The van der Waals surface area contributed by atoms with Gasteiger partial charge in [0.2, 0.25) is 0 Å². The number of ether oxygens (including phenoxy) is 2. The van der Waals surface area contributed by atoms with Crippen LogP contribution in [-0.2, 0) is 22.6 Å². The minimum absolute atomic E-state index is 0.00691. The lowest BCUT2D eigenvalue weighted by molar-refractivity contribution is -0.141. The molecule has 0 amide bonds. The Morgan fingerprint density at radius 1 is 1.19 bits per heavy atom. The molecule has 144 valence electrons. The summed E-state index contributed by atoms with van der Waals surface area (Å²) < 4.78 is 10.3. The molecule has 1 saturated heterocycles. The van der Waals surface area contributed by atoms with E-state index in [1.807, 2.05) is 0 Å². The Bertz CT molecular complexity index is 833. The summed E-state index contributed by atoms with van der Waals surface area (Å²) in [7, 11) is 1.44. The molecule has 0 aliphatic carbocycles. The second-order valence-corrected chi connectivity index (χ2v) is 6.60. The number of aliphatic hydroxyl groups is 2. The number of hydrogen-bond acceptors (Lipinski definition) is 7. The molecule has 0 saturated carbocycles. The number of aliphatic hydroxyl groups excluding tert-OH is 2. The fourth-order valence-electron chi connectivity index (χ4n) is 3.39. The van der Waals surface area contributed by atoms with Crippen molar-refractivity contribution in [2.75, 3.05) is 13.7 Å². The number of hydrogen-bond donors (Lipinski definition) is 4. The van der Waals surface area contributed by atoms with Gasteiger partial charge in [-0.25, -0.2) is 0 Å². The highest BCUT2D eigenvalue weighted by Crippen LogP contribution is 2.38. The Labute approximate surface area is 156 Å². The number of esters is 1. The number of cyclic esters (lactones) is 1. The number of phenolic OH excluding ortho intramolecular Hbond substituents is 1. The van der Waals surface area contributed by atoms with Crippen molar-refractivity contribution in [2.45, 2.75) is 19.1 Å². The third-order valence-corrected chi connectivity index (χ3v) is 4.96. The SMILES string of the molecule is COc1cc(CC2C(=O)OCC2C(O)c2ccc(O)c(CO)c2)ccc1O. The molecule has 3 atom stereocenters. The van der Waals surface area contributed by atoms with Gasteiger partial charge < -0.3 is 29.9 Å². The van der Waals surface area contributed by atoms with E-state index in [2.05, 4.69) is 0 Å². The van der Waals surface area contributed by atoms with Crippen molar-refractivity contribution in [3.8, 4) is 17.2 Å². The van der Waals surface area contributed by atoms with Gasteiger partial charge in [-0.2, -0.15) is 0 Å². The van der Waals surface area contributed by atoms with Gasteiger partial charge in [-0.05, 0) is 41.8 Å². The summed E-state index contributed by atoms with van der Waals surface area (Å²) in [6.45, 7) is -0.279. The van der Waals surface area contributed by atoms with Crippen molar-refractivity contribution >= 4 is 5.97 Å². The van der Waals surface area contributed by atoms with Crippen molar-refractivity contribution < 1.29 is 34.7 Å². The van der Waals surface area contributed by atoms with Crippen LogP contribution >= 0.6 is 0 Å². The normalized spacial score (nSPS) is 20.3. The number of aromatic hydroxyl groups is 2. The molecule has 2 aromatic carbocycles. The van der Waals surface area contributed by atoms with Gasteiger partial charge in [-0.15, -0.1) is 0 Å². The number of benzene rings is 2. The summed E-state index contributed by atoms with van der Waals surface area (Å²) >= 11 is 0. The molecular formula is C20H22O7. The van der Waals surface area contributed by atoms with Crippen LogP contribution in [0.25, 0.3) is 0 Å². The van der Waals surface area contributed by atoms with Gasteiger partial charge in [0, 0.05) is 11.5 Å². The first kappa shape index (κ1) is 19.0. The van der Waals surface area contributed by atoms with Gasteiger partial charge in [-0.3, -0.25) is 4.79 Å². The van der Waals surface area contributed by atoms with E-state index in [1.54, 1.807) is 18.2 Å². The molecule has 1 fully saturated rings. The van der Waals surface area contributed by atoms with E-state index in [1.165, 1.54) is 25.3 Å². The molecule has 3 rings (SSSR count). The van der Waals surface area contributed by atoms with E-state index >= 15 is 0 Å². The van der Waals surface area contributed by atoms with Crippen molar-refractivity contribution in [1.29, 1.82) is 0 Å². The van der Waals surface area contributed by atoms with Crippen LogP contribution < -0.4 is 4.74 Å². The van der Waals surface area contributed by atoms with Crippen LogP contribution in [0, 0.1) is 11.8 Å². The minimum atomic E-state index is -0.994. The summed E-state index contributed by atoms with van der Waals surface area (Å²) in [5.74, 6) is -1.18. The molecule has 7 heteroatoms. The monoisotopic (exact) mass is 374 g/mol. The second-order valence-electron chi connectivity index (χ2n) is 6.60. The number of carbonyl (C=O) groups is 1. The third kappa shape index (κ3) is 3.84. The van der Waals surface area contributed by atoms with Gasteiger partial charge in [0.15, 0.2) is 11.5 Å². The van der Waals surface area contributed by atoms with Crippen molar-refractivity contribution in [3.63, 3.8) is 0 Å². The quantitative estimate of drug-likeness (QED) is 0.568. The molecule has 7 nitrogen and oxygen atoms in total. The molecule has 0 bridgehead atoms. The highest BCUT2D eigenvalue weighted by atomic mass is 16.5. The molecule has 1 aliphatic heterocycles. The Morgan fingerprint density at radius 2 is 1.93 bits per heavy atom. The standard InChI is InChI=1S/C20H22O7/c1-26-18-7-11(2-4-17(18)23)6-14-15(10-27-20(14)25)19(24)12-3-5-16(22)13(8-12)9-21/h2-5,7-8,14-15,19,21-24H,6,9-10H2,1H3. The third-order valence-electron chi connectivity index (χ3n) is 4.96. The van der Waals surface area contributed by atoms with E-state index in [4.69, 9.17) is 9.47 Å². The average molecular weight is 374 g/mol. The fourth-order valence-corrected chi connectivity index (χ4v) is 3.39. The number of methoxy groups -OCH3 is 1. The predicted octanol–water partition coefficient (Wildman–Crippen LogP) is 1.66. The maximum Gasteiger partial charge on any atom is 0.309 e. The molecule has 4 N–H and O–H groups in total.